The average molecular weight is 993 g/mol. The molecule has 2 fully saturated rings. The van der Waals surface area contributed by atoms with Crippen molar-refractivity contribution in [1.82, 2.24) is 29.9 Å². The van der Waals surface area contributed by atoms with Crippen molar-refractivity contribution in [3.63, 3.8) is 0 Å². The molecule has 0 spiro atoms. The quantitative estimate of drug-likeness (QED) is 0.0388. The number of carbonyl (C=O) groups is 1. The zero-order chi connectivity index (χ0) is 51.4. The van der Waals surface area contributed by atoms with E-state index in [2.05, 4.69) is 112 Å². The number of benzene rings is 4. The zero-order valence-electron chi connectivity index (χ0n) is 41.1. The molecule has 0 aliphatic carbocycles. The Hall–Kier alpha value is -7.71. The largest absolute Gasteiger partial charge is 0.573 e. The zero-order valence-corrected chi connectivity index (χ0v) is 41.1. The van der Waals surface area contributed by atoms with Gasteiger partial charge in [-0.05, 0) is 101 Å². The third-order valence-corrected chi connectivity index (χ3v) is 11.9. The third kappa shape index (κ3) is 14.4. The molecule has 9 rings (SSSR count). The van der Waals surface area contributed by atoms with Gasteiger partial charge < -0.3 is 53.4 Å². The van der Waals surface area contributed by atoms with Crippen LogP contribution in [0.25, 0.3) is 23.2 Å². The van der Waals surface area contributed by atoms with E-state index in [0.29, 0.717) is 36.5 Å². The number of anilines is 2. The fourth-order valence-electron chi connectivity index (χ4n) is 7.81. The van der Waals surface area contributed by atoms with E-state index in [-0.39, 0.29) is 35.1 Å². The molecule has 0 atom stereocenters. The molecule has 0 bridgehead atoms. The number of aryl methyl sites for hydroxylation is 3. The molecule has 3 aromatic heterocycles. The molecule has 0 amide bonds. The summed E-state index contributed by atoms with van der Waals surface area (Å²) in [5, 5.41) is 15.1. The molecule has 380 valence electrons. The lowest BCUT2D eigenvalue weighted by Gasteiger charge is -2.34. The molecule has 5 heterocycles. The van der Waals surface area contributed by atoms with Gasteiger partial charge in [0.1, 0.15) is 17.3 Å². The van der Waals surface area contributed by atoms with Gasteiger partial charge in [0, 0.05) is 87.7 Å². The van der Waals surface area contributed by atoms with Crippen molar-refractivity contribution in [3.8, 4) is 28.9 Å². The number of nitrogens with two attached hydrogens (primary N) is 1. The number of piperazine rings is 2. The molecule has 2 aliphatic heterocycles. The first kappa shape index (κ1) is 52.1. The first-order valence-corrected chi connectivity index (χ1v) is 23.4. The second-order valence-electron chi connectivity index (χ2n) is 17.4. The number of nitrogens with zero attached hydrogens (tertiary/aromatic N) is 9. The molecule has 0 unspecified atom stereocenters. The molecule has 72 heavy (non-hydrogen) atoms. The van der Waals surface area contributed by atoms with Crippen molar-refractivity contribution in [1.29, 1.82) is 0 Å². The Balaban J connectivity index is 0.000000182. The molecule has 3 N–H and O–H groups in total. The van der Waals surface area contributed by atoms with Crippen molar-refractivity contribution in [3.05, 3.63) is 148 Å². The molecular formula is C52H59F3N10O7. The van der Waals surface area contributed by atoms with Crippen molar-refractivity contribution >= 4 is 23.2 Å². The molecule has 0 saturated carbocycles. The summed E-state index contributed by atoms with van der Waals surface area (Å²) in [5.74, 6) is 1.10. The second kappa shape index (κ2) is 23.9. The summed E-state index contributed by atoms with van der Waals surface area (Å²) in [6.07, 6.45) is -3.54. The van der Waals surface area contributed by atoms with Gasteiger partial charge in [-0.15, -0.1) is 13.2 Å². The summed E-state index contributed by atoms with van der Waals surface area (Å²) in [6.45, 7) is 16.0. The van der Waals surface area contributed by atoms with Crippen LogP contribution in [0.4, 0.5) is 24.5 Å². The van der Waals surface area contributed by atoms with E-state index in [1.807, 2.05) is 45.0 Å². The number of oxime groups is 1. The van der Waals surface area contributed by atoms with Crippen LogP contribution in [0.2, 0.25) is 0 Å². The minimum atomic E-state index is -4.76. The number of aromatic nitrogens is 4. The number of rotatable bonds is 12. The normalized spacial score (nSPS) is 14.5. The summed E-state index contributed by atoms with van der Waals surface area (Å²) < 4.78 is 62.5. The number of esters is 1. The van der Waals surface area contributed by atoms with Crippen molar-refractivity contribution in [2.45, 2.75) is 46.9 Å². The van der Waals surface area contributed by atoms with E-state index >= 15 is 0 Å². The fourth-order valence-corrected chi connectivity index (χ4v) is 7.81. The number of halogens is 3. The highest BCUT2D eigenvalue weighted by atomic mass is 19.4. The van der Waals surface area contributed by atoms with Crippen molar-refractivity contribution < 1.29 is 46.0 Å². The molecule has 2 aliphatic rings. The lowest BCUT2D eigenvalue weighted by atomic mass is 10.1. The molecule has 7 aromatic rings. The minimum absolute atomic E-state index is 0.0320. The molecule has 0 radical (unpaired) electrons. The van der Waals surface area contributed by atoms with Gasteiger partial charge in [0.25, 0.3) is 5.89 Å². The molecule has 20 heteroatoms. The van der Waals surface area contributed by atoms with E-state index < -0.39 is 12.3 Å². The number of alkyl halides is 3. The predicted octanol–water partition coefficient (Wildman–Crippen LogP) is 8.53. The maximum Gasteiger partial charge on any atom is 0.573 e. The Kier molecular flexibility index (Phi) is 17.3. The van der Waals surface area contributed by atoms with E-state index in [1.54, 1.807) is 6.92 Å². The summed E-state index contributed by atoms with van der Waals surface area (Å²) in [7, 11) is 4.29. The topological polar surface area (TPSA) is 198 Å². The first-order valence-electron chi connectivity index (χ1n) is 23.4. The minimum Gasteiger partial charge on any atom is -0.459 e. The number of hydrogen-bond acceptors (Lipinski definition) is 16. The van der Waals surface area contributed by atoms with Crippen LogP contribution in [-0.2, 0) is 17.6 Å². The van der Waals surface area contributed by atoms with Gasteiger partial charge in [0.15, 0.2) is 5.84 Å². The van der Waals surface area contributed by atoms with Crippen LogP contribution >= 0.6 is 0 Å². The van der Waals surface area contributed by atoms with Crippen LogP contribution in [0.5, 0.6) is 5.75 Å². The SMILES string of the molecule is CCOC(=O)c1nc(Cc2cccc(N3CCN(C)CC3)c2)c(C)o1.Cc1ccc(/C(N)=N/O)cc1.Cc1oc(-c2nc(-c3ccc(OC(F)(F)F)cc3)no2)nc1Cc1cccc(N2CCN(C)CC2)c1. The van der Waals surface area contributed by atoms with Gasteiger partial charge in [-0.25, -0.2) is 14.8 Å². The highest BCUT2D eigenvalue weighted by Crippen LogP contribution is 2.29. The summed E-state index contributed by atoms with van der Waals surface area (Å²) in [4.78, 5) is 34.4. The van der Waals surface area contributed by atoms with E-state index in [0.717, 1.165) is 86.0 Å². The number of oxazole rings is 2. The smallest absolute Gasteiger partial charge is 0.459 e. The Morgan fingerprint density at radius 1 is 0.722 bits per heavy atom. The summed E-state index contributed by atoms with van der Waals surface area (Å²) in [5.41, 5.74) is 13.9. The van der Waals surface area contributed by atoms with E-state index in [9.17, 15) is 18.0 Å². The summed E-state index contributed by atoms with van der Waals surface area (Å²) >= 11 is 0. The maximum absolute atomic E-state index is 12.4. The predicted molar refractivity (Wildman–Crippen MR) is 265 cm³/mol. The van der Waals surface area contributed by atoms with Gasteiger partial charge in [-0.1, -0.05) is 64.4 Å². The van der Waals surface area contributed by atoms with Crippen LogP contribution in [0.1, 0.15) is 62.8 Å². The number of ether oxygens (including phenoxy) is 2. The van der Waals surface area contributed by atoms with Gasteiger partial charge in [0.2, 0.25) is 5.82 Å². The Labute approximate surface area is 415 Å². The van der Waals surface area contributed by atoms with Crippen LogP contribution in [-0.4, -0.2) is 126 Å². The van der Waals surface area contributed by atoms with Gasteiger partial charge in [-0.3, -0.25) is 0 Å². The second-order valence-corrected chi connectivity index (χ2v) is 17.4. The van der Waals surface area contributed by atoms with Gasteiger partial charge in [0.05, 0.1) is 18.0 Å². The Morgan fingerprint density at radius 3 is 1.79 bits per heavy atom. The van der Waals surface area contributed by atoms with Crippen molar-refractivity contribution in [2.24, 2.45) is 10.9 Å². The van der Waals surface area contributed by atoms with Gasteiger partial charge in [-0.2, -0.15) is 4.98 Å². The van der Waals surface area contributed by atoms with Crippen LogP contribution in [0, 0.1) is 20.8 Å². The Bertz CT molecular complexity index is 2880. The monoisotopic (exact) mass is 992 g/mol. The van der Waals surface area contributed by atoms with Crippen LogP contribution in [0.3, 0.4) is 0 Å². The standard InChI is InChI=1S/C25H24F3N5O3.C19H25N3O3.C8H10N2O/c1-16-21(15-17-4-3-5-19(14-17)33-12-10-32(2)11-13-33)29-23(34-16)24-30-22(31-36-24)18-6-8-20(9-7-18)35-25(26,27)28;1-4-24-19(23)18-20-17(14(2)25-18)13-15-6-5-7-16(12-15)22-10-8-21(3)9-11-22;1-6-2-4-7(5-3-6)8(9)10-11/h3-9,14H,10-13,15H2,1-2H3;5-7,12H,4,8-11,13H2,1-3H3;2-5,11H,1H3,(H2,9,10). The molecular weight excluding hydrogens is 934 g/mol. The molecule has 2 saturated heterocycles. The van der Waals surface area contributed by atoms with E-state index in [4.69, 9.17) is 29.0 Å². The first-order chi connectivity index (χ1) is 34.5. The molecule has 4 aromatic carbocycles. The number of hydrogen-bond donors (Lipinski definition) is 2. The van der Waals surface area contributed by atoms with Crippen LogP contribution < -0.4 is 20.3 Å². The number of likely N-dealkylation sites (N-methyl/N-ethyl adjacent to an activating group) is 2. The highest BCUT2D eigenvalue weighted by Gasteiger charge is 2.31. The lowest BCUT2D eigenvalue weighted by molar-refractivity contribution is -0.274. The maximum atomic E-state index is 12.4. The third-order valence-electron chi connectivity index (χ3n) is 11.9. The summed E-state index contributed by atoms with van der Waals surface area (Å²) in [6, 6.07) is 29.5. The fraction of sp³-hybridized carbons (Fsp3) is 0.346. The number of carbonyl (C=O) groups excluding carboxylic acids is 1. The lowest BCUT2D eigenvalue weighted by Crippen LogP contribution is -2.44. The number of amidine groups is 1. The van der Waals surface area contributed by atoms with E-state index in [1.165, 1.54) is 35.6 Å². The van der Waals surface area contributed by atoms with Crippen LogP contribution in [0.15, 0.2) is 116 Å². The van der Waals surface area contributed by atoms with Crippen molar-refractivity contribution in [2.75, 3.05) is 82.9 Å². The Morgan fingerprint density at radius 2 is 1.26 bits per heavy atom. The average Bonchev–Trinajstić information content (AvgIpc) is 4.11. The van der Waals surface area contributed by atoms with Gasteiger partial charge >= 0.3 is 24.1 Å². The highest BCUT2D eigenvalue weighted by molar-refractivity contribution is 5.97. The molecule has 17 nitrogen and oxygen atoms in total.